The fourth-order valence-corrected chi connectivity index (χ4v) is 1.19. The summed E-state index contributed by atoms with van der Waals surface area (Å²) in [6.07, 6.45) is 0.243. The Balaban J connectivity index is 2.94. The van der Waals surface area contributed by atoms with E-state index in [-0.39, 0.29) is 18.0 Å². The van der Waals surface area contributed by atoms with E-state index in [0.717, 1.165) is 0 Å². The van der Waals surface area contributed by atoms with E-state index in [4.69, 9.17) is 15.9 Å². The standard InChI is InChI=1S/C10H14N2O2/c1-2-14-8-5-3-4-7(10(8)13)6-9(11)12/h3-5,13H,2,6H2,1H3,(H3,11,12). The van der Waals surface area contributed by atoms with Gasteiger partial charge in [-0.15, -0.1) is 0 Å². The number of phenols is 1. The van der Waals surface area contributed by atoms with E-state index >= 15 is 0 Å². The molecule has 1 aromatic rings. The van der Waals surface area contributed by atoms with Gasteiger partial charge in [0.05, 0.1) is 12.4 Å². The fourth-order valence-electron chi connectivity index (χ4n) is 1.19. The molecule has 0 saturated carbocycles. The Labute approximate surface area is 82.8 Å². The number of ether oxygens (including phenoxy) is 1. The second kappa shape index (κ2) is 4.50. The fraction of sp³-hybridized carbons (Fsp3) is 0.300. The van der Waals surface area contributed by atoms with Crippen LogP contribution in [0.4, 0.5) is 0 Å². The number of nitrogens with two attached hydrogens (primary N) is 1. The summed E-state index contributed by atoms with van der Waals surface area (Å²) in [7, 11) is 0. The molecule has 0 unspecified atom stereocenters. The molecule has 0 heterocycles. The predicted octanol–water partition coefficient (Wildman–Crippen LogP) is 1.27. The van der Waals surface area contributed by atoms with Crippen molar-refractivity contribution >= 4 is 5.84 Å². The lowest BCUT2D eigenvalue weighted by atomic mass is 10.1. The molecule has 0 aliphatic heterocycles. The second-order valence-corrected chi connectivity index (χ2v) is 2.90. The first-order valence-corrected chi connectivity index (χ1v) is 4.41. The lowest BCUT2D eigenvalue weighted by Crippen LogP contribution is -2.12. The maximum atomic E-state index is 9.69. The maximum absolute atomic E-state index is 9.69. The molecule has 76 valence electrons. The number of rotatable bonds is 4. The number of hydrogen-bond acceptors (Lipinski definition) is 3. The van der Waals surface area contributed by atoms with E-state index in [2.05, 4.69) is 0 Å². The summed E-state index contributed by atoms with van der Waals surface area (Å²) in [4.78, 5) is 0. The lowest BCUT2D eigenvalue weighted by Gasteiger charge is -2.09. The van der Waals surface area contributed by atoms with Crippen LogP contribution in [-0.2, 0) is 6.42 Å². The average molecular weight is 194 g/mol. The number of phenolic OH excluding ortho intramolecular Hbond substituents is 1. The number of benzene rings is 1. The summed E-state index contributed by atoms with van der Waals surface area (Å²) in [5, 5.41) is 16.8. The summed E-state index contributed by atoms with van der Waals surface area (Å²) in [6, 6.07) is 5.17. The van der Waals surface area contributed by atoms with Crippen molar-refractivity contribution < 1.29 is 9.84 Å². The largest absolute Gasteiger partial charge is 0.504 e. The van der Waals surface area contributed by atoms with Gasteiger partial charge in [0.25, 0.3) is 0 Å². The Hall–Kier alpha value is -1.71. The number of hydrogen-bond donors (Lipinski definition) is 3. The van der Waals surface area contributed by atoms with Gasteiger partial charge in [0.15, 0.2) is 11.5 Å². The van der Waals surface area contributed by atoms with Gasteiger partial charge in [-0.25, -0.2) is 0 Å². The first-order chi connectivity index (χ1) is 6.65. The topological polar surface area (TPSA) is 79.3 Å². The van der Waals surface area contributed by atoms with Gasteiger partial charge in [-0.1, -0.05) is 12.1 Å². The Kier molecular flexibility index (Phi) is 3.34. The normalized spacial score (nSPS) is 9.79. The summed E-state index contributed by atoms with van der Waals surface area (Å²) in [5.74, 6) is 0.532. The van der Waals surface area contributed by atoms with Gasteiger partial charge in [-0.3, -0.25) is 5.41 Å². The molecule has 0 fully saturated rings. The monoisotopic (exact) mass is 194 g/mol. The molecule has 14 heavy (non-hydrogen) atoms. The van der Waals surface area contributed by atoms with Crippen LogP contribution < -0.4 is 10.5 Å². The molecule has 0 atom stereocenters. The van der Waals surface area contributed by atoms with E-state index in [1.54, 1.807) is 18.2 Å². The van der Waals surface area contributed by atoms with Crippen molar-refractivity contribution in [2.75, 3.05) is 6.61 Å². The zero-order valence-corrected chi connectivity index (χ0v) is 8.08. The number of para-hydroxylation sites is 1. The van der Waals surface area contributed by atoms with Crippen molar-refractivity contribution in [3.63, 3.8) is 0 Å². The van der Waals surface area contributed by atoms with Gasteiger partial charge in [0.1, 0.15) is 0 Å². The van der Waals surface area contributed by atoms with Crippen LogP contribution in [-0.4, -0.2) is 17.5 Å². The van der Waals surface area contributed by atoms with E-state index in [1.807, 2.05) is 6.92 Å². The minimum Gasteiger partial charge on any atom is -0.504 e. The van der Waals surface area contributed by atoms with Crippen molar-refractivity contribution in [3.8, 4) is 11.5 Å². The van der Waals surface area contributed by atoms with Crippen LogP contribution in [0.3, 0.4) is 0 Å². The SMILES string of the molecule is CCOc1cccc(CC(=N)N)c1O. The summed E-state index contributed by atoms with van der Waals surface area (Å²) in [5.41, 5.74) is 5.86. The lowest BCUT2D eigenvalue weighted by molar-refractivity contribution is 0.317. The number of aromatic hydroxyl groups is 1. The molecule has 4 heteroatoms. The smallest absolute Gasteiger partial charge is 0.161 e. The van der Waals surface area contributed by atoms with Gasteiger partial charge in [0.2, 0.25) is 0 Å². The van der Waals surface area contributed by atoms with Crippen LogP contribution in [0.5, 0.6) is 11.5 Å². The van der Waals surface area contributed by atoms with Crippen LogP contribution in [0, 0.1) is 5.41 Å². The van der Waals surface area contributed by atoms with Gasteiger partial charge < -0.3 is 15.6 Å². The second-order valence-electron chi connectivity index (χ2n) is 2.90. The van der Waals surface area contributed by atoms with Crippen LogP contribution in [0.1, 0.15) is 12.5 Å². The molecule has 0 aliphatic carbocycles. The molecule has 4 N–H and O–H groups in total. The summed E-state index contributed by atoms with van der Waals surface area (Å²) < 4.78 is 5.20. The van der Waals surface area contributed by atoms with E-state index in [0.29, 0.717) is 17.9 Å². The molecular formula is C10H14N2O2. The Morgan fingerprint density at radius 1 is 1.57 bits per heavy atom. The van der Waals surface area contributed by atoms with Crippen molar-refractivity contribution in [2.45, 2.75) is 13.3 Å². The van der Waals surface area contributed by atoms with Crippen molar-refractivity contribution in [3.05, 3.63) is 23.8 Å². The van der Waals surface area contributed by atoms with Crippen LogP contribution in [0.2, 0.25) is 0 Å². The Morgan fingerprint density at radius 2 is 2.29 bits per heavy atom. The molecule has 0 aromatic heterocycles. The highest BCUT2D eigenvalue weighted by atomic mass is 16.5. The molecule has 4 nitrogen and oxygen atoms in total. The highest BCUT2D eigenvalue weighted by Gasteiger charge is 2.07. The maximum Gasteiger partial charge on any atom is 0.161 e. The molecule has 1 rings (SSSR count). The third-order valence-electron chi connectivity index (χ3n) is 1.76. The molecule has 0 aliphatic rings. The van der Waals surface area contributed by atoms with Crippen LogP contribution in [0.15, 0.2) is 18.2 Å². The van der Waals surface area contributed by atoms with Crippen molar-refractivity contribution in [1.29, 1.82) is 5.41 Å². The van der Waals surface area contributed by atoms with Gasteiger partial charge in [0, 0.05) is 12.0 Å². The number of nitrogens with one attached hydrogen (secondary N) is 1. The highest BCUT2D eigenvalue weighted by Crippen LogP contribution is 2.29. The molecule has 0 radical (unpaired) electrons. The van der Waals surface area contributed by atoms with Crippen molar-refractivity contribution in [1.82, 2.24) is 0 Å². The summed E-state index contributed by atoms with van der Waals surface area (Å²) in [6.45, 7) is 2.34. The zero-order valence-electron chi connectivity index (χ0n) is 8.08. The minimum absolute atomic E-state index is 0.0222. The average Bonchev–Trinajstić information content (AvgIpc) is 2.11. The molecule has 0 amide bonds. The van der Waals surface area contributed by atoms with Crippen LogP contribution >= 0.6 is 0 Å². The quantitative estimate of drug-likeness (QED) is 0.499. The molecule has 1 aromatic carbocycles. The third-order valence-corrected chi connectivity index (χ3v) is 1.76. The first-order valence-electron chi connectivity index (χ1n) is 4.41. The molecule has 0 bridgehead atoms. The zero-order chi connectivity index (χ0) is 10.6. The molecular weight excluding hydrogens is 180 g/mol. The minimum atomic E-state index is 0.0222. The highest BCUT2D eigenvalue weighted by molar-refractivity contribution is 5.80. The van der Waals surface area contributed by atoms with Gasteiger partial charge >= 0.3 is 0 Å². The van der Waals surface area contributed by atoms with E-state index < -0.39 is 0 Å². The van der Waals surface area contributed by atoms with E-state index in [1.165, 1.54) is 0 Å². The third kappa shape index (κ3) is 2.39. The van der Waals surface area contributed by atoms with Crippen molar-refractivity contribution in [2.24, 2.45) is 5.73 Å². The molecule has 0 saturated heterocycles. The van der Waals surface area contributed by atoms with Gasteiger partial charge in [-0.2, -0.15) is 0 Å². The first kappa shape index (κ1) is 10.4. The Bertz CT molecular complexity index is 337. The van der Waals surface area contributed by atoms with Crippen LogP contribution in [0.25, 0.3) is 0 Å². The van der Waals surface area contributed by atoms with E-state index in [9.17, 15) is 5.11 Å². The molecule has 0 spiro atoms. The predicted molar refractivity (Wildman–Crippen MR) is 54.9 cm³/mol. The number of amidine groups is 1. The Morgan fingerprint density at radius 3 is 2.86 bits per heavy atom. The van der Waals surface area contributed by atoms with Gasteiger partial charge in [-0.05, 0) is 13.0 Å². The summed E-state index contributed by atoms with van der Waals surface area (Å²) >= 11 is 0.